The largest absolute Gasteiger partial charge is 0.480 e. The minimum Gasteiger partial charge on any atom is -0.480 e. The van der Waals surface area contributed by atoms with Crippen molar-refractivity contribution < 1.29 is 9.90 Å². The summed E-state index contributed by atoms with van der Waals surface area (Å²) >= 11 is 4.81. The Balaban J connectivity index is 3.07. The van der Waals surface area contributed by atoms with Gasteiger partial charge >= 0.3 is 5.97 Å². The van der Waals surface area contributed by atoms with Gasteiger partial charge in [-0.3, -0.25) is 4.79 Å². The van der Waals surface area contributed by atoms with Crippen molar-refractivity contribution in [1.29, 1.82) is 0 Å². The first kappa shape index (κ1) is 15.8. The minimum atomic E-state index is -0.838. The van der Waals surface area contributed by atoms with Crippen LogP contribution in [0.3, 0.4) is 0 Å². The average molecular weight is 245 g/mol. The van der Waals surface area contributed by atoms with Crippen molar-refractivity contribution in [3.63, 3.8) is 0 Å². The Bertz CT molecular complexity index is 171. The fraction of sp³-hybridized carbons (Fsp3) is 0.923. The lowest BCUT2D eigenvalue weighted by molar-refractivity contribution is -0.136. The maximum atomic E-state index is 10.5. The van der Waals surface area contributed by atoms with Gasteiger partial charge in [0.25, 0.3) is 0 Å². The summed E-state index contributed by atoms with van der Waals surface area (Å²) < 4.78 is 0. The van der Waals surface area contributed by atoms with E-state index in [9.17, 15) is 4.79 Å². The van der Waals surface area contributed by atoms with Gasteiger partial charge in [0, 0.05) is 0 Å². The molecule has 0 saturated carbocycles. The van der Waals surface area contributed by atoms with Crippen molar-refractivity contribution in [2.45, 2.75) is 76.4 Å². The Hall–Kier alpha value is -0.180. The molecule has 2 nitrogen and oxygen atoms in total. The predicted octanol–water partition coefficient (Wildman–Crippen LogP) is 4.56. The lowest BCUT2D eigenvalue weighted by Gasteiger charge is -2.04. The van der Waals surface area contributed by atoms with Crippen LogP contribution >= 0.6 is 12.6 Å². The summed E-state index contributed by atoms with van der Waals surface area (Å²) in [5.74, 6) is -0.838. The number of carboxylic acids is 1. The highest BCUT2D eigenvalue weighted by atomic mass is 32.1. The van der Waals surface area contributed by atoms with E-state index in [-0.39, 0.29) is 0 Å². The Morgan fingerprint density at radius 3 is 1.88 bits per heavy atom. The molecule has 0 fully saturated rings. The van der Waals surface area contributed by atoms with Crippen LogP contribution in [-0.2, 0) is 4.79 Å². The van der Waals surface area contributed by atoms with Gasteiger partial charge in [0.2, 0.25) is 0 Å². The van der Waals surface area contributed by atoms with Crippen molar-refractivity contribution in [3.8, 4) is 0 Å². The number of hydrogen-bond acceptors (Lipinski definition) is 1. The van der Waals surface area contributed by atoms with Crippen molar-refractivity contribution in [2.24, 2.45) is 0 Å². The Kier molecular flexibility index (Phi) is 11.2. The molecule has 1 N–H and O–H groups in total. The number of hydrogen-bond donors (Lipinski definition) is 1. The summed E-state index contributed by atoms with van der Waals surface area (Å²) in [6.45, 7) is 2.23. The van der Waals surface area contributed by atoms with Crippen LogP contribution in [0.2, 0.25) is 0 Å². The number of carbonyl (C=O) groups is 1. The molecule has 0 aromatic rings. The second kappa shape index (κ2) is 11.3. The molecule has 1 unspecified atom stereocenters. The van der Waals surface area contributed by atoms with Gasteiger partial charge in [0.1, 0.15) is 5.25 Å². The zero-order valence-electron chi connectivity index (χ0n) is 10.4. The Labute approximate surface area is 105 Å². The molecule has 0 aliphatic carbocycles. The van der Waals surface area contributed by atoms with Gasteiger partial charge in [-0.1, -0.05) is 77.3 Å². The topological polar surface area (TPSA) is 37.3 Å². The van der Waals surface area contributed by atoms with Crippen molar-refractivity contribution in [2.75, 3.05) is 0 Å². The number of carboxylic acid groups (broad SMARTS) is 1. The van der Waals surface area contributed by atoms with E-state index >= 15 is 0 Å². The van der Waals surface area contributed by atoms with Gasteiger partial charge in [-0.15, -0.1) is 0 Å². The molecule has 1 atom stereocenters. The van der Waals surface area contributed by atoms with E-state index in [4.69, 9.17) is 17.7 Å². The van der Waals surface area contributed by atoms with Gasteiger partial charge in [-0.05, 0) is 6.42 Å². The molecule has 0 aromatic heterocycles. The zero-order valence-corrected chi connectivity index (χ0v) is 11.2. The van der Waals surface area contributed by atoms with Crippen LogP contribution in [0, 0.1) is 0 Å². The molecule has 3 heteroatoms. The average Bonchev–Trinajstić information content (AvgIpc) is 2.26. The van der Waals surface area contributed by atoms with Crippen LogP contribution in [0.25, 0.3) is 0 Å². The molecule has 0 amide bonds. The number of aliphatic carboxylic acids is 1. The quantitative estimate of drug-likeness (QED) is 0.542. The summed E-state index contributed by atoms with van der Waals surface area (Å²) in [7, 11) is 0. The van der Waals surface area contributed by atoms with Gasteiger partial charge in [0.05, 0.1) is 0 Å². The standard InChI is InChI=1S/C13H25O2S/c1-2-3-4-5-6-7-8-9-10-11-12(16)13(14)15/h12H,2-11H2,1H3,(H,14,15). The molecule has 0 saturated heterocycles. The molecule has 0 spiro atoms. The van der Waals surface area contributed by atoms with E-state index in [1.807, 2.05) is 0 Å². The maximum absolute atomic E-state index is 10.5. The van der Waals surface area contributed by atoms with Crippen molar-refractivity contribution in [1.82, 2.24) is 0 Å². The number of unbranched alkanes of at least 4 members (excludes halogenated alkanes) is 8. The molecule has 95 valence electrons. The molecule has 0 aliphatic heterocycles. The Morgan fingerprint density at radius 2 is 1.44 bits per heavy atom. The molecule has 0 aliphatic rings. The lowest BCUT2D eigenvalue weighted by Crippen LogP contribution is -2.12. The highest BCUT2D eigenvalue weighted by Gasteiger charge is 2.11. The summed E-state index contributed by atoms with van der Waals surface area (Å²) in [6.07, 6.45) is 12.0. The minimum absolute atomic E-state index is 0.579. The molecule has 0 bridgehead atoms. The van der Waals surface area contributed by atoms with E-state index in [2.05, 4.69) is 6.92 Å². The van der Waals surface area contributed by atoms with Crippen molar-refractivity contribution in [3.05, 3.63) is 0 Å². The first-order chi connectivity index (χ1) is 7.68. The van der Waals surface area contributed by atoms with E-state index in [0.717, 1.165) is 12.8 Å². The molecular formula is C13H25O2S. The smallest absolute Gasteiger partial charge is 0.317 e. The molecule has 0 rings (SSSR count). The second-order valence-corrected chi connectivity index (χ2v) is 5.01. The van der Waals surface area contributed by atoms with Crippen LogP contribution in [0.1, 0.15) is 71.1 Å². The SMILES string of the molecule is CCCCCCCCCCCC([S])C(=O)O. The first-order valence-corrected chi connectivity index (χ1v) is 7.04. The Morgan fingerprint density at radius 1 is 1.00 bits per heavy atom. The summed E-state index contributed by atoms with van der Waals surface area (Å²) in [4.78, 5) is 10.5. The third-order valence-electron chi connectivity index (χ3n) is 2.85. The number of rotatable bonds is 11. The van der Waals surface area contributed by atoms with Gasteiger partial charge in [0.15, 0.2) is 0 Å². The third-order valence-corrected chi connectivity index (χ3v) is 3.28. The molecular weight excluding hydrogens is 220 g/mol. The molecule has 0 heterocycles. The summed E-state index contributed by atoms with van der Waals surface area (Å²) in [5.41, 5.74) is 0. The molecule has 16 heavy (non-hydrogen) atoms. The van der Waals surface area contributed by atoms with Crippen LogP contribution in [0.5, 0.6) is 0 Å². The first-order valence-electron chi connectivity index (χ1n) is 6.57. The highest BCUT2D eigenvalue weighted by molar-refractivity contribution is 7.81. The van der Waals surface area contributed by atoms with E-state index < -0.39 is 11.2 Å². The van der Waals surface area contributed by atoms with Gasteiger partial charge in [-0.2, -0.15) is 0 Å². The maximum Gasteiger partial charge on any atom is 0.317 e. The molecule has 1 radical (unpaired) electrons. The lowest BCUT2D eigenvalue weighted by atomic mass is 10.1. The predicted molar refractivity (Wildman–Crippen MR) is 70.9 cm³/mol. The van der Waals surface area contributed by atoms with E-state index in [1.165, 1.54) is 44.9 Å². The van der Waals surface area contributed by atoms with Crippen LogP contribution in [0.4, 0.5) is 0 Å². The summed E-state index contributed by atoms with van der Waals surface area (Å²) in [6, 6.07) is 0. The second-order valence-electron chi connectivity index (χ2n) is 4.44. The van der Waals surface area contributed by atoms with Crippen LogP contribution in [-0.4, -0.2) is 16.3 Å². The summed E-state index contributed by atoms with van der Waals surface area (Å²) in [5, 5.41) is 8.02. The van der Waals surface area contributed by atoms with Crippen molar-refractivity contribution >= 4 is 18.6 Å². The monoisotopic (exact) mass is 245 g/mol. The van der Waals surface area contributed by atoms with E-state index in [0.29, 0.717) is 6.42 Å². The van der Waals surface area contributed by atoms with E-state index in [1.54, 1.807) is 0 Å². The normalized spacial score (nSPS) is 12.6. The van der Waals surface area contributed by atoms with Gasteiger partial charge in [-0.25, -0.2) is 0 Å². The zero-order chi connectivity index (χ0) is 12.2. The fourth-order valence-electron chi connectivity index (χ4n) is 1.76. The van der Waals surface area contributed by atoms with Crippen LogP contribution in [0.15, 0.2) is 0 Å². The molecule has 0 aromatic carbocycles. The van der Waals surface area contributed by atoms with Gasteiger partial charge < -0.3 is 5.11 Å². The fourth-order valence-corrected chi connectivity index (χ4v) is 1.93. The highest BCUT2D eigenvalue weighted by Crippen LogP contribution is 2.13. The third kappa shape index (κ3) is 10.3. The van der Waals surface area contributed by atoms with Crippen LogP contribution < -0.4 is 0 Å².